The first kappa shape index (κ1) is 23.8. The van der Waals surface area contributed by atoms with Crippen LogP contribution in [0.3, 0.4) is 0 Å². The van der Waals surface area contributed by atoms with E-state index in [2.05, 4.69) is 4.90 Å². The first-order valence-electron chi connectivity index (χ1n) is 12.0. The van der Waals surface area contributed by atoms with Gasteiger partial charge in [-0.2, -0.15) is 0 Å². The molecule has 1 fully saturated rings. The third kappa shape index (κ3) is 4.52. The van der Waals surface area contributed by atoms with E-state index < -0.39 is 5.63 Å². The number of carbonyl (C=O) groups is 2. The highest BCUT2D eigenvalue weighted by Gasteiger charge is 2.24. The van der Waals surface area contributed by atoms with Crippen molar-refractivity contribution in [3.05, 3.63) is 70.3 Å². The van der Waals surface area contributed by atoms with Crippen molar-refractivity contribution in [2.24, 2.45) is 0 Å². The van der Waals surface area contributed by atoms with Crippen molar-refractivity contribution >= 4 is 33.8 Å². The number of amides is 2. The van der Waals surface area contributed by atoms with Crippen LogP contribution in [0, 0.1) is 6.92 Å². The van der Waals surface area contributed by atoms with Crippen LogP contribution in [0.25, 0.3) is 33.1 Å². The largest absolute Gasteiger partial charge is 0.464 e. The molecule has 0 N–H and O–H groups in total. The predicted octanol–water partition coefficient (Wildman–Crippen LogP) is 3.29. The molecule has 0 spiro atoms. The van der Waals surface area contributed by atoms with E-state index in [4.69, 9.17) is 8.83 Å². The molecule has 0 aliphatic carbocycles. The van der Waals surface area contributed by atoms with Crippen LogP contribution in [0.1, 0.15) is 11.1 Å². The molecular weight excluding hydrogens is 458 g/mol. The highest BCUT2D eigenvalue weighted by Crippen LogP contribution is 2.34. The minimum absolute atomic E-state index is 0.0173. The van der Waals surface area contributed by atoms with Crippen LogP contribution in [-0.2, 0) is 16.0 Å². The van der Waals surface area contributed by atoms with Crippen molar-refractivity contribution in [2.45, 2.75) is 13.3 Å². The normalized spacial score (nSPS) is 14.5. The Bertz CT molecular complexity index is 1500. The van der Waals surface area contributed by atoms with Crippen molar-refractivity contribution in [1.29, 1.82) is 0 Å². The Morgan fingerprint density at radius 2 is 1.72 bits per heavy atom. The van der Waals surface area contributed by atoms with Crippen LogP contribution in [0.2, 0.25) is 0 Å². The molecule has 8 nitrogen and oxygen atoms in total. The lowest BCUT2D eigenvalue weighted by Crippen LogP contribution is -2.50. The number of fused-ring (bicyclic) bond motifs is 2. The molecule has 8 heteroatoms. The Morgan fingerprint density at radius 1 is 1.00 bits per heavy atom. The number of benzene rings is 2. The van der Waals surface area contributed by atoms with Gasteiger partial charge in [-0.15, -0.1) is 0 Å². The number of aryl methyl sites for hydroxylation is 1. The summed E-state index contributed by atoms with van der Waals surface area (Å²) in [7, 11) is 3.62. The maximum atomic E-state index is 13.0. The molecule has 0 bridgehead atoms. The Morgan fingerprint density at radius 3 is 2.44 bits per heavy atom. The van der Waals surface area contributed by atoms with Gasteiger partial charge in [0.1, 0.15) is 11.2 Å². The average Bonchev–Trinajstić information content (AvgIpc) is 3.29. The zero-order chi connectivity index (χ0) is 25.4. The number of piperazine rings is 1. The van der Waals surface area contributed by atoms with Crippen molar-refractivity contribution in [3.8, 4) is 11.1 Å². The Hall–Kier alpha value is -3.91. The maximum Gasteiger partial charge on any atom is 0.340 e. The summed E-state index contributed by atoms with van der Waals surface area (Å²) in [5, 5.41) is 1.65. The molecule has 186 valence electrons. The molecule has 0 unspecified atom stereocenters. The highest BCUT2D eigenvalue weighted by molar-refractivity contribution is 6.02. The van der Waals surface area contributed by atoms with Gasteiger partial charge in [0.05, 0.1) is 24.8 Å². The molecule has 4 aromatic rings. The van der Waals surface area contributed by atoms with E-state index in [0.29, 0.717) is 35.4 Å². The van der Waals surface area contributed by atoms with Crippen LogP contribution >= 0.6 is 0 Å². The highest BCUT2D eigenvalue weighted by atomic mass is 16.4. The molecule has 0 atom stereocenters. The van der Waals surface area contributed by atoms with E-state index in [1.54, 1.807) is 24.3 Å². The molecule has 36 heavy (non-hydrogen) atoms. The summed E-state index contributed by atoms with van der Waals surface area (Å²) in [4.78, 5) is 43.8. The molecule has 3 heterocycles. The fourth-order valence-corrected chi connectivity index (χ4v) is 4.69. The standard InChI is InChI=1S/C28H29N3O5/c1-18-20-13-22-23(19-7-5-4-6-8-19)17-35-24(22)15-25(20)36-28(34)21(18)14-26(32)30(3)16-27(33)31-11-9-29(2)10-12-31/h4-8,13,15,17H,9-12,14,16H2,1-3H3. The van der Waals surface area contributed by atoms with E-state index in [1.165, 1.54) is 4.90 Å². The number of likely N-dealkylation sites (N-methyl/N-ethyl adjacent to an activating group) is 2. The lowest BCUT2D eigenvalue weighted by molar-refractivity contribution is -0.140. The predicted molar refractivity (Wildman–Crippen MR) is 138 cm³/mol. The van der Waals surface area contributed by atoms with Crippen LogP contribution in [0.4, 0.5) is 0 Å². The summed E-state index contributed by atoms with van der Waals surface area (Å²) < 4.78 is 11.3. The van der Waals surface area contributed by atoms with Crippen LogP contribution < -0.4 is 5.63 Å². The minimum Gasteiger partial charge on any atom is -0.464 e. The van der Waals surface area contributed by atoms with Gasteiger partial charge in [-0.3, -0.25) is 9.59 Å². The van der Waals surface area contributed by atoms with Gasteiger partial charge in [-0.1, -0.05) is 30.3 Å². The van der Waals surface area contributed by atoms with E-state index in [1.807, 2.05) is 50.4 Å². The smallest absolute Gasteiger partial charge is 0.340 e. The lowest BCUT2D eigenvalue weighted by atomic mass is 9.99. The van der Waals surface area contributed by atoms with Crippen LogP contribution in [0.15, 0.2) is 62.4 Å². The fourth-order valence-electron chi connectivity index (χ4n) is 4.69. The van der Waals surface area contributed by atoms with Gasteiger partial charge in [0.2, 0.25) is 11.8 Å². The van der Waals surface area contributed by atoms with Gasteiger partial charge < -0.3 is 23.5 Å². The lowest BCUT2D eigenvalue weighted by Gasteiger charge is -2.33. The summed E-state index contributed by atoms with van der Waals surface area (Å²) in [6.07, 6.45) is 1.56. The van der Waals surface area contributed by atoms with E-state index in [-0.39, 0.29) is 24.8 Å². The quantitative estimate of drug-likeness (QED) is 0.402. The Balaban J connectivity index is 1.41. The van der Waals surface area contributed by atoms with Crippen molar-refractivity contribution < 1.29 is 18.4 Å². The third-order valence-electron chi connectivity index (χ3n) is 7.05. The molecule has 1 aliphatic rings. The summed E-state index contributed by atoms with van der Waals surface area (Å²) in [6, 6.07) is 13.6. The number of hydrogen-bond donors (Lipinski definition) is 0. The minimum atomic E-state index is -0.554. The summed E-state index contributed by atoms with van der Waals surface area (Å²) in [5.74, 6) is -0.390. The Kier molecular flexibility index (Phi) is 6.36. The van der Waals surface area contributed by atoms with Crippen LogP contribution in [-0.4, -0.2) is 73.3 Å². The number of rotatable bonds is 5. The van der Waals surface area contributed by atoms with E-state index >= 15 is 0 Å². The van der Waals surface area contributed by atoms with Crippen molar-refractivity contribution in [3.63, 3.8) is 0 Å². The summed E-state index contributed by atoms with van der Waals surface area (Å²) >= 11 is 0. The summed E-state index contributed by atoms with van der Waals surface area (Å²) in [6.45, 7) is 4.74. The topological polar surface area (TPSA) is 87.2 Å². The average molecular weight is 488 g/mol. The fraction of sp³-hybridized carbons (Fsp3) is 0.321. The zero-order valence-electron chi connectivity index (χ0n) is 20.7. The molecule has 1 saturated heterocycles. The van der Waals surface area contributed by atoms with Crippen molar-refractivity contribution in [2.75, 3.05) is 46.8 Å². The first-order chi connectivity index (χ1) is 17.3. The van der Waals surface area contributed by atoms with Gasteiger partial charge >= 0.3 is 5.63 Å². The number of hydrogen-bond acceptors (Lipinski definition) is 6. The second kappa shape index (κ2) is 9.62. The molecular formula is C28H29N3O5. The van der Waals surface area contributed by atoms with Gasteiger partial charge in [0.15, 0.2) is 0 Å². The zero-order valence-corrected chi connectivity index (χ0v) is 20.7. The maximum absolute atomic E-state index is 13.0. The van der Waals surface area contributed by atoms with Gasteiger partial charge in [0.25, 0.3) is 0 Å². The second-order valence-corrected chi connectivity index (χ2v) is 9.46. The molecule has 0 radical (unpaired) electrons. The van der Waals surface area contributed by atoms with E-state index in [0.717, 1.165) is 35.0 Å². The van der Waals surface area contributed by atoms with Crippen LogP contribution in [0.5, 0.6) is 0 Å². The van der Waals surface area contributed by atoms with Gasteiger partial charge in [-0.25, -0.2) is 4.79 Å². The third-order valence-corrected chi connectivity index (χ3v) is 7.05. The SMILES string of the molecule is Cc1c(CC(=O)N(C)CC(=O)N2CCN(C)CC2)c(=O)oc2cc3occ(-c4ccccc4)c3cc12. The monoisotopic (exact) mass is 487 g/mol. The molecule has 5 rings (SSSR count). The van der Waals surface area contributed by atoms with Crippen molar-refractivity contribution in [1.82, 2.24) is 14.7 Å². The molecule has 1 aliphatic heterocycles. The molecule has 2 aromatic heterocycles. The molecule has 0 saturated carbocycles. The molecule has 2 aromatic carbocycles. The van der Waals surface area contributed by atoms with E-state index in [9.17, 15) is 14.4 Å². The summed E-state index contributed by atoms with van der Waals surface area (Å²) in [5.41, 5.74) is 3.43. The second-order valence-electron chi connectivity index (χ2n) is 9.46. The number of furan rings is 1. The Labute approximate surface area is 208 Å². The van der Waals surface area contributed by atoms with Gasteiger partial charge in [0, 0.05) is 55.6 Å². The number of nitrogens with zero attached hydrogens (tertiary/aromatic N) is 3. The number of carbonyl (C=O) groups excluding carboxylic acids is 2. The first-order valence-corrected chi connectivity index (χ1v) is 12.0. The molecule has 2 amide bonds. The van der Waals surface area contributed by atoms with Gasteiger partial charge in [-0.05, 0) is 31.2 Å².